The highest BCUT2D eigenvalue weighted by atomic mass is 19.4. The van der Waals surface area contributed by atoms with Gasteiger partial charge in [0, 0.05) is 24.8 Å². The Balaban J connectivity index is 1.63. The van der Waals surface area contributed by atoms with Gasteiger partial charge in [-0.2, -0.15) is 18.3 Å². The Labute approximate surface area is 195 Å². The smallest absolute Gasteiger partial charge is 0.399 e. The van der Waals surface area contributed by atoms with Crippen molar-refractivity contribution in [3.63, 3.8) is 0 Å². The van der Waals surface area contributed by atoms with Crippen LogP contribution >= 0.6 is 0 Å². The van der Waals surface area contributed by atoms with E-state index in [1.807, 2.05) is 0 Å². The monoisotopic (exact) mass is 475 g/mol. The summed E-state index contributed by atoms with van der Waals surface area (Å²) in [5, 5.41) is 7.65. The topological polar surface area (TPSA) is 94.5 Å². The van der Waals surface area contributed by atoms with E-state index in [0.29, 0.717) is 41.3 Å². The average molecular weight is 476 g/mol. The standard InChI is InChI=1S/C24H28F3N5O2/c1-14-13-32-21(12-20(31-32)22(33)16-5-3-4-7-34-8-6-16)23(29-14)30-15(2)17-9-18(24(25,26)27)11-19(28)10-17/h9-13,15-16H,3-8,28H2,1-2H3,(H,29,30)/t15-,16?/m1/s1. The van der Waals surface area contributed by atoms with E-state index < -0.39 is 17.8 Å². The van der Waals surface area contributed by atoms with Crippen molar-refractivity contribution in [3.05, 3.63) is 53.0 Å². The Morgan fingerprint density at radius 2 is 2.00 bits per heavy atom. The summed E-state index contributed by atoms with van der Waals surface area (Å²) >= 11 is 0. The number of ether oxygens (including phenoxy) is 1. The fraction of sp³-hybridized carbons (Fsp3) is 0.458. The van der Waals surface area contributed by atoms with E-state index in [4.69, 9.17) is 10.5 Å². The molecule has 0 radical (unpaired) electrons. The maximum absolute atomic E-state index is 13.2. The highest BCUT2D eigenvalue weighted by Gasteiger charge is 2.31. The van der Waals surface area contributed by atoms with Gasteiger partial charge in [0.15, 0.2) is 11.6 Å². The van der Waals surface area contributed by atoms with Crippen molar-refractivity contribution in [1.29, 1.82) is 0 Å². The number of fused-ring (bicyclic) bond motifs is 1. The lowest BCUT2D eigenvalue weighted by Gasteiger charge is -2.18. The largest absolute Gasteiger partial charge is 0.416 e. The van der Waals surface area contributed by atoms with Gasteiger partial charge >= 0.3 is 6.18 Å². The van der Waals surface area contributed by atoms with Gasteiger partial charge in [0.2, 0.25) is 0 Å². The van der Waals surface area contributed by atoms with Gasteiger partial charge in [-0.1, -0.05) is 6.42 Å². The summed E-state index contributed by atoms with van der Waals surface area (Å²) in [4.78, 5) is 17.7. The van der Waals surface area contributed by atoms with Crippen LogP contribution in [0.5, 0.6) is 0 Å². The third kappa shape index (κ3) is 5.32. The third-order valence-corrected chi connectivity index (χ3v) is 6.06. The van der Waals surface area contributed by atoms with Crippen LogP contribution in [0.25, 0.3) is 5.52 Å². The van der Waals surface area contributed by atoms with Crippen LogP contribution in [0.15, 0.2) is 30.5 Å². The minimum absolute atomic E-state index is 0.0289. The Hall–Kier alpha value is -3.14. The number of carbonyl (C=O) groups is 1. The molecule has 3 N–H and O–H groups in total. The first-order valence-corrected chi connectivity index (χ1v) is 11.3. The molecule has 0 saturated carbocycles. The highest BCUT2D eigenvalue weighted by Crippen LogP contribution is 2.33. The lowest BCUT2D eigenvalue weighted by molar-refractivity contribution is -0.137. The summed E-state index contributed by atoms with van der Waals surface area (Å²) in [5.41, 5.74) is 6.89. The predicted molar refractivity (Wildman–Crippen MR) is 123 cm³/mol. The van der Waals surface area contributed by atoms with E-state index in [9.17, 15) is 18.0 Å². The number of ketones is 1. The normalized spacial score (nSPS) is 18.3. The number of carbonyl (C=O) groups excluding carboxylic acids is 1. The van der Waals surface area contributed by atoms with E-state index in [2.05, 4.69) is 15.4 Å². The highest BCUT2D eigenvalue weighted by molar-refractivity contribution is 5.97. The van der Waals surface area contributed by atoms with Gasteiger partial charge in [-0.05, 0) is 62.9 Å². The second-order valence-corrected chi connectivity index (χ2v) is 8.80. The van der Waals surface area contributed by atoms with Gasteiger partial charge in [-0.15, -0.1) is 0 Å². The summed E-state index contributed by atoms with van der Waals surface area (Å²) < 4.78 is 46.8. The Kier molecular flexibility index (Phi) is 6.79. The molecule has 182 valence electrons. The Morgan fingerprint density at radius 1 is 1.21 bits per heavy atom. The fourth-order valence-corrected chi connectivity index (χ4v) is 4.25. The first-order chi connectivity index (χ1) is 16.1. The molecular weight excluding hydrogens is 447 g/mol. The molecule has 1 aromatic carbocycles. The molecule has 1 saturated heterocycles. The van der Waals surface area contributed by atoms with E-state index in [-0.39, 0.29) is 17.4 Å². The SMILES string of the molecule is Cc1cn2nc(C(=O)C3CCCCOCC3)cc2c(N[C@H](C)c2cc(N)cc(C(F)(F)F)c2)n1. The van der Waals surface area contributed by atoms with Crippen LogP contribution in [-0.2, 0) is 10.9 Å². The van der Waals surface area contributed by atoms with Crippen molar-refractivity contribution in [1.82, 2.24) is 14.6 Å². The zero-order valence-corrected chi connectivity index (χ0v) is 19.2. The number of alkyl halides is 3. The molecule has 3 aromatic rings. The minimum atomic E-state index is -4.50. The van der Waals surface area contributed by atoms with Gasteiger partial charge in [0.05, 0.1) is 23.5 Å². The number of Topliss-reactive ketones (excluding diaryl/α,β-unsaturated/α-hetero) is 1. The molecule has 1 aliphatic heterocycles. The van der Waals surface area contributed by atoms with E-state index in [0.717, 1.165) is 38.0 Å². The van der Waals surface area contributed by atoms with Gasteiger partial charge in [-0.3, -0.25) is 4.79 Å². The molecular formula is C24H28F3N5O2. The summed E-state index contributed by atoms with van der Waals surface area (Å²) in [6, 6.07) is 4.64. The lowest BCUT2D eigenvalue weighted by Crippen LogP contribution is -2.20. The Bertz CT molecular complexity index is 1180. The first-order valence-electron chi connectivity index (χ1n) is 11.3. The van der Waals surface area contributed by atoms with Gasteiger partial charge in [-0.25, -0.2) is 9.50 Å². The molecule has 4 rings (SSSR count). The molecule has 3 heterocycles. The van der Waals surface area contributed by atoms with Crippen LogP contribution in [0.4, 0.5) is 24.7 Å². The number of rotatable bonds is 5. The number of hydrogen-bond acceptors (Lipinski definition) is 6. The number of halogens is 3. The maximum atomic E-state index is 13.2. The lowest BCUT2D eigenvalue weighted by atomic mass is 9.92. The van der Waals surface area contributed by atoms with E-state index in [1.165, 1.54) is 6.07 Å². The predicted octanol–water partition coefficient (Wildman–Crippen LogP) is 5.20. The zero-order valence-electron chi connectivity index (χ0n) is 19.2. The van der Waals surface area contributed by atoms with E-state index >= 15 is 0 Å². The number of aryl methyl sites for hydroxylation is 1. The summed E-state index contributed by atoms with van der Waals surface area (Å²) in [6.07, 6.45) is 0.529. The second-order valence-electron chi connectivity index (χ2n) is 8.80. The molecule has 1 unspecified atom stereocenters. The quantitative estimate of drug-likeness (QED) is 0.389. The van der Waals surface area contributed by atoms with Crippen molar-refractivity contribution < 1.29 is 22.7 Å². The molecule has 0 aliphatic carbocycles. The van der Waals surface area contributed by atoms with Gasteiger partial charge < -0.3 is 15.8 Å². The fourth-order valence-electron chi connectivity index (χ4n) is 4.25. The molecule has 10 heteroatoms. The number of nitrogens with one attached hydrogen (secondary N) is 1. The second kappa shape index (κ2) is 9.61. The molecule has 1 aliphatic rings. The van der Waals surface area contributed by atoms with Crippen LogP contribution in [0.1, 0.15) is 66.0 Å². The summed E-state index contributed by atoms with van der Waals surface area (Å²) in [5.74, 6) is 0.246. The number of aromatic nitrogens is 3. The molecule has 2 atom stereocenters. The number of anilines is 2. The average Bonchev–Trinajstić information content (AvgIpc) is 3.16. The molecule has 0 bridgehead atoms. The Morgan fingerprint density at radius 3 is 2.76 bits per heavy atom. The molecule has 0 amide bonds. The molecule has 7 nitrogen and oxygen atoms in total. The van der Waals surface area contributed by atoms with E-state index in [1.54, 1.807) is 30.6 Å². The first kappa shape index (κ1) is 24.0. The molecule has 34 heavy (non-hydrogen) atoms. The van der Waals surface area contributed by atoms with Crippen LogP contribution in [0.2, 0.25) is 0 Å². The third-order valence-electron chi connectivity index (χ3n) is 6.06. The van der Waals surface area contributed by atoms with Crippen LogP contribution < -0.4 is 11.1 Å². The zero-order chi connectivity index (χ0) is 24.5. The molecule has 0 spiro atoms. The number of nitrogens with two attached hydrogens (primary N) is 1. The molecule has 1 fully saturated rings. The number of benzene rings is 1. The van der Waals surface area contributed by atoms with Crippen molar-refractivity contribution in [2.75, 3.05) is 24.3 Å². The van der Waals surface area contributed by atoms with Crippen molar-refractivity contribution >= 4 is 22.8 Å². The van der Waals surface area contributed by atoms with Crippen molar-refractivity contribution in [3.8, 4) is 0 Å². The number of nitrogens with zero attached hydrogens (tertiary/aromatic N) is 3. The number of hydrogen-bond donors (Lipinski definition) is 2. The minimum Gasteiger partial charge on any atom is -0.399 e. The van der Waals surface area contributed by atoms with Crippen LogP contribution in [0.3, 0.4) is 0 Å². The van der Waals surface area contributed by atoms with Gasteiger partial charge in [0.1, 0.15) is 11.2 Å². The summed E-state index contributed by atoms with van der Waals surface area (Å²) in [6.45, 7) is 4.79. The maximum Gasteiger partial charge on any atom is 0.416 e. The molecule has 2 aromatic heterocycles. The van der Waals surface area contributed by atoms with Crippen LogP contribution in [0, 0.1) is 12.8 Å². The van der Waals surface area contributed by atoms with Crippen LogP contribution in [-0.4, -0.2) is 33.6 Å². The van der Waals surface area contributed by atoms with Crippen molar-refractivity contribution in [2.24, 2.45) is 5.92 Å². The van der Waals surface area contributed by atoms with Gasteiger partial charge in [0.25, 0.3) is 0 Å². The summed E-state index contributed by atoms with van der Waals surface area (Å²) in [7, 11) is 0. The van der Waals surface area contributed by atoms with Crippen molar-refractivity contribution in [2.45, 2.75) is 51.7 Å². The number of nitrogen functional groups attached to an aromatic ring is 1.